The average molecular weight is 314 g/mol. The van der Waals surface area contributed by atoms with E-state index in [0.29, 0.717) is 0 Å². The number of aromatic amines is 1. The van der Waals surface area contributed by atoms with E-state index in [1.165, 1.54) is 5.56 Å². The van der Waals surface area contributed by atoms with Crippen LogP contribution in [0.5, 0.6) is 0 Å². The number of carbonyl (C=O) groups is 1. The number of rotatable bonds is 2. The number of amides is 2. The van der Waals surface area contributed by atoms with E-state index in [1.54, 1.807) is 6.33 Å². The maximum Gasteiger partial charge on any atom is 0.315 e. The highest BCUT2D eigenvalue weighted by Gasteiger charge is 2.39. The molecule has 2 aliphatic rings. The van der Waals surface area contributed by atoms with E-state index in [9.17, 15) is 4.79 Å². The summed E-state index contributed by atoms with van der Waals surface area (Å²) >= 11 is 0. The molecule has 2 amide bonds. The van der Waals surface area contributed by atoms with E-state index in [1.807, 2.05) is 6.20 Å². The normalized spacial score (nSPS) is 24.7. The van der Waals surface area contributed by atoms with Gasteiger partial charge in [-0.2, -0.15) is 0 Å². The Bertz CT molecular complexity index is 741. The van der Waals surface area contributed by atoms with Crippen LogP contribution in [-0.4, -0.2) is 46.2 Å². The molecular formula is C16H22N6O. The Morgan fingerprint density at radius 2 is 2.22 bits per heavy atom. The minimum atomic E-state index is -0.0935. The number of nitrogens with zero attached hydrogens (tertiary/aromatic N) is 3. The second-order valence-electron chi connectivity index (χ2n) is 6.52. The zero-order valence-electron chi connectivity index (χ0n) is 13.4. The van der Waals surface area contributed by atoms with E-state index in [-0.39, 0.29) is 11.6 Å². The van der Waals surface area contributed by atoms with Crippen LogP contribution < -0.4 is 15.5 Å². The number of hydrogen-bond donors (Lipinski definition) is 3. The van der Waals surface area contributed by atoms with Crippen molar-refractivity contribution in [2.75, 3.05) is 24.5 Å². The molecule has 2 saturated heterocycles. The van der Waals surface area contributed by atoms with Gasteiger partial charge in [-0.15, -0.1) is 0 Å². The number of nitrogens with one attached hydrogen (secondary N) is 3. The minimum absolute atomic E-state index is 0.0400. The Labute approximate surface area is 134 Å². The molecule has 0 radical (unpaired) electrons. The van der Waals surface area contributed by atoms with Gasteiger partial charge in [-0.3, -0.25) is 0 Å². The van der Waals surface area contributed by atoms with Gasteiger partial charge in [0.2, 0.25) is 0 Å². The van der Waals surface area contributed by atoms with Crippen molar-refractivity contribution in [3.63, 3.8) is 0 Å². The van der Waals surface area contributed by atoms with Crippen molar-refractivity contribution in [1.29, 1.82) is 0 Å². The van der Waals surface area contributed by atoms with E-state index in [0.717, 1.165) is 62.2 Å². The van der Waals surface area contributed by atoms with Crippen LogP contribution in [0, 0.1) is 0 Å². The van der Waals surface area contributed by atoms with E-state index in [4.69, 9.17) is 0 Å². The fraction of sp³-hybridized carbons (Fsp3) is 0.562. The number of aromatic nitrogens is 3. The fourth-order valence-electron chi connectivity index (χ4n) is 3.81. The molecule has 2 aliphatic heterocycles. The SMILES string of the molecule is CCc1c[nH]c2ncnc(N3CCCC4(CC3)CNC(=O)N4)c12. The standard InChI is InChI=1S/C16H22N6O/c1-2-11-8-17-13-12(11)14(20-10-19-13)22-6-3-4-16(5-7-22)9-18-15(23)21-16/h8,10H,2-7,9H2,1H3,(H,17,19,20)(H2,18,21,23). The lowest BCUT2D eigenvalue weighted by molar-refractivity contribution is 0.243. The maximum atomic E-state index is 11.5. The van der Waals surface area contributed by atoms with Gasteiger partial charge in [0, 0.05) is 25.8 Å². The van der Waals surface area contributed by atoms with Crippen LogP contribution >= 0.6 is 0 Å². The third-order valence-corrected chi connectivity index (χ3v) is 5.12. The molecule has 4 rings (SSSR count). The Morgan fingerprint density at radius 3 is 3.00 bits per heavy atom. The third-order valence-electron chi connectivity index (χ3n) is 5.12. The Morgan fingerprint density at radius 1 is 1.30 bits per heavy atom. The molecule has 7 heteroatoms. The van der Waals surface area contributed by atoms with Crippen LogP contribution in [0.25, 0.3) is 11.0 Å². The van der Waals surface area contributed by atoms with Gasteiger partial charge < -0.3 is 20.5 Å². The second kappa shape index (κ2) is 5.40. The van der Waals surface area contributed by atoms with Gasteiger partial charge in [-0.05, 0) is 31.2 Å². The molecule has 2 fully saturated rings. The zero-order chi connectivity index (χ0) is 15.9. The Kier molecular flexibility index (Phi) is 3.36. The van der Waals surface area contributed by atoms with E-state index >= 15 is 0 Å². The molecule has 0 bridgehead atoms. The van der Waals surface area contributed by atoms with Crippen molar-refractivity contribution in [3.05, 3.63) is 18.1 Å². The number of hydrogen-bond acceptors (Lipinski definition) is 4. The van der Waals surface area contributed by atoms with Gasteiger partial charge in [0.25, 0.3) is 0 Å². The monoisotopic (exact) mass is 314 g/mol. The van der Waals surface area contributed by atoms with Gasteiger partial charge in [0.1, 0.15) is 17.8 Å². The first kappa shape index (κ1) is 14.3. The predicted molar refractivity (Wildman–Crippen MR) is 88.6 cm³/mol. The summed E-state index contributed by atoms with van der Waals surface area (Å²) in [7, 11) is 0. The number of carbonyl (C=O) groups excluding carboxylic acids is 1. The summed E-state index contributed by atoms with van der Waals surface area (Å²) in [6.07, 6.45) is 7.60. The number of urea groups is 1. The van der Waals surface area contributed by atoms with Crippen LogP contribution in [0.3, 0.4) is 0 Å². The molecule has 4 heterocycles. The molecule has 7 nitrogen and oxygen atoms in total. The molecule has 3 N–H and O–H groups in total. The van der Waals surface area contributed by atoms with Gasteiger partial charge >= 0.3 is 6.03 Å². The quantitative estimate of drug-likeness (QED) is 0.785. The lowest BCUT2D eigenvalue weighted by Gasteiger charge is -2.27. The molecule has 1 atom stereocenters. The molecule has 2 aromatic rings. The van der Waals surface area contributed by atoms with Crippen molar-refractivity contribution in [2.24, 2.45) is 0 Å². The van der Waals surface area contributed by atoms with Gasteiger partial charge in [-0.1, -0.05) is 6.92 Å². The van der Waals surface area contributed by atoms with Crippen LogP contribution in [0.2, 0.25) is 0 Å². The largest absolute Gasteiger partial charge is 0.356 e. The lowest BCUT2D eigenvalue weighted by Crippen LogP contribution is -2.44. The summed E-state index contributed by atoms with van der Waals surface area (Å²) < 4.78 is 0. The number of H-pyrrole nitrogens is 1. The number of aryl methyl sites for hydroxylation is 1. The molecule has 1 spiro atoms. The highest BCUT2D eigenvalue weighted by atomic mass is 16.2. The summed E-state index contributed by atoms with van der Waals surface area (Å²) in [4.78, 5) is 26.1. The lowest BCUT2D eigenvalue weighted by atomic mass is 9.92. The van der Waals surface area contributed by atoms with Crippen molar-refractivity contribution in [3.8, 4) is 0 Å². The first-order chi connectivity index (χ1) is 11.2. The van der Waals surface area contributed by atoms with E-state index in [2.05, 4.69) is 37.4 Å². The van der Waals surface area contributed by atoms with Crippen molar-refractivity contribution in [2.45, 2.75) is 38.1 Å². The average Bonchev–Trinajstić information content (AvgIpc) is 3.07. The second-order valence-corrected chi connectivity index (χ2v) is 6.52. The van der Waals surface area contributed by atoms with Crippen molar-refractivity contribution < 1.29 is 4.79 Å². The molecular weight excluding hydrogens is 292 g/mol. The third kappa shape index (κ3) is 2.40. The fourth-order valence-corrected chi connectivity index (χ4v) is 3.81. The summed E-state index contributed by atoms with van der Waals surface area (Å²) in [5, 5.41) is 7.17. The number of anilines is 1. The van der Waals surface area contributed by atoms with Crippen molar-refractivity contribution >= 4 is 22.9 Å². The molecule has 122 valence electrons. The van der Waals surface area contributed by atoms with E-state index < -0.39 is 0 Å². The van der Waals surface area contributed by atoms with Crippen molar-refractivity contribution in [1.82, 2.24) is 25.6 Å². The molecule has 0 aliphatic carbocycles. The van der Waals surface area contributed by atoms with Gasteiger partial charge in [0.05, 0.1) is 10.9 Å². The summed E-state index contributed by atoms with van der Waals surface area (Å²) in [5.74, 6) is 1.02. The summed E-state index contributed by atoms with van der Waals surface area (Å²) in [6.45, 7) is 4.72. The van der Waals surface area contributed by atoms with Crippen LogP contribution in [0.15, 0.2) is 12.5 Å². The minimum Gasteiger partial charge on any atom is -0.356 e. The first-order valence-corrected chi connectivity index (χ1v) is 8.33. The molecule has 0 saturated carbocycles. The molecule has 2 aromatic heterocycles. The highest BCUT2D eigenvalue weighted by molar-refractivity contribution is 5.90. The molecule has 23 heavy (non-hydrogen) atoms. The molecule has 1 unspecified atom stereocenters. The summed E-state index contributed by atoms with van der Waals surface area (Å²) in [5.41, 5.74) is 2.07. The number of fused-ring (bicyclic) bond motifs is 1. The highest BCUT2D eigenvalue weighted by Crippen LogP contribution is 2.31. The Hall–Kier alpha value is -2.31. The predicted octanol–water partition coefficient (Wildman–Crippen LogP) is 1.56. The summed E-state index contributed by atoms with van der Waals surface area (Å²) in [6, 6.07) is -0.0400. The van der Waals surface area contributed by atoms with Gasteiger partial charge in [-0.25, -0.2) is 14.8 Å². The Balaban J connectivity index is 1.64. The van der Waals surface area contributed by atoms with Crippen LogP contribution in [0.1, 0.15) is 31.7 Å². The zero-order valence-corrected chi connectivity index (χ0v) is 13.4. The first-order valence-electron chi connectivity index (χ1n) is 8.33. The van der Waals surface area contributed by atoms with Crippen LogP contribution in [-0.2, 0) is 6.42 Å². The van der Waals surface area contributed by atoms with Gasteiger partial charge in [0.15, 0.2) is 0 Å². The topological polar surface area (TPSA) is 85.9 Å². The molecule has 0 aromatic carbocycles. The maximum absolute atomic E-state index is 11.5. The van der Waals surface area contributed by atoms with Crippen LogP contribution in [0.4, 0.5) is 10.6 Å². The smallest absolute Gasteiger partial charge is 0.315 e.